The number of ether oxygens (including phenoxy) is 2. The molecule has 1 atom stereocenters. The van der Waals surface area contributed by atoms with Crippen LogP contribution in [0.4, 0.5) is 10.6 Å². The second-order valence-electron chi connectivity index (χ2n) is 5.75. The van der Waals surface area contributed by atoms with Gasteiger partial charge in [0, 0.05) is 12.6 Å². The molecule has 1 aliphatic heterocycles. The van der Waals surface area contributed by atoms with Crippen molar-refractivity contribution in [1.82, 2.24) is 10.3 Å². The molecule has 0 saturated carbocycles. The summed E-state index contributed by atoms with van der Waals surface area (Å²) >= 11 is 0. The first kappa shape index (κ1) is 16.1. The molecule has 0 aliphatic carbocycles. The van der Waals surface area contributed by atoms with Gasteiger partial charge in [0.1, 0.15) is 5.82 Å². The Bertz CT molecular complexity index is 733. The van der Waals surface area contributed by atoms with Gasteiger partial charge >= 0.3 is 6.03 Å². The Balaban J connectivity index is 1.66. The predicted octanol–water partition coefficient (Wildman–Crippen LogP) is 3.43. The summed E-state index contributed by atoms with van der Waals surface area (Å²) in [6.07, 6.45) is 2.51. The Morgan fingerprint density at radius 3 is 2.79 bits per heavy atom. The summed E-state index contributed by atoms with van der Waals surface area (Å²) in [6, 6.07) is 8.99. The van der Waals surface area contributed by atoms with Crippen LogP contribution in [0.25, 0.3) is 0 Å². The number of urea groups is 1. The normalized spacial score (nSPS) is 14.4. The smallest absolute Gasteiger partial charge is 0.320 e. The Hall–Kier alpha value is -2.76. The van der Waals surface area contributed by atoms with E-state index in [9.17, 15) is 4.79 Å². The molecular weight excluding hydrogens is 306 g/mol. The number of amides is 2. The van der Waals surface area contributed by atoms with E-state index < -0.39 is 0 Å². The number of hydrogen-bond acceptors (Lipinski definition) is 4. The van der Waals surface area contributed by atoms with Crippen LogP contribution in [0.1, 0.15) is 30.5 Å². The molecule has 0 spiro atoms. The van der Waals surface area contributed by atoms with Crippen LogP contribution in [-0.2, 0) is 0 Å². The lowest BCUT2D eigenvalue weighted by molar-refractivity contribution is 0.249. The van der Waals surface area contributed by atoms with Gasteiger partial charge < -0.3 is 14.8 Å². The number of nitrogens with zero attached hydrogens (tertiary/aromatic N) is 1. The van der Waals surface area contributed by atoms with Crippen LogP contribution in [0, 0.1) is 6.92 Å². The van der Waals surface area contributed by atoms with Crippen molar-refractivity contribution in [1.29, 1.82) is 0 Å². The molecule has 126 valence electrons. The minimum Gasteiger partial charge on any atom is -0.490 e. The highest BCUT2D eigenvalue weighted by molar-refractivity contribution is 5.89. The molecule has 0 radical (unpaired) electrons. The number of hydrogen-bond donors (Lipinski definition) is 2. The van der Waals surface area contributed by atoms with Crippen molar-refractivity contribution < 1.29 is 14.3 Å². The highest BCUT2D eigenvalue weighted by Crippen LogP contribution is 2.32. The summed E-state index contributed by atoms with van der Waals surface area (Å²) in [7, 11) is 0. The van der Waals surface area contributed by atoms with E-state index in [1.54, 1.807) is 6.20 Å². The zero-order valence-corrected chi connectivity index (χ0v) is 13.8. The molecule has 2 heterocycles. The van der Waals surface area contributed by atoms with Crippen LogP contribution in [0.15, 0.2) is 36.5 Å². The average molecular weight is 327 g/mol. The summed E-state index contributed by atoms with van der Waals surface area (Å²) in [4.78, 5) is 16.3. The van der Waals surface area contributed by atoms with Crippen LogP contribution >= 0.6 is 0 Å². The maximum absolute atomic E-state index is 12.2. The lowest BCUT2D eigenvalue weighted by atomic mass is 10.1. The van der Waals surface area contributed by atoms with Gasteiger partial charge in [-0.05, 0) is 43.2 Å². The van der Waals surface area contributed by atoms with Gasteiger partial charge in [0.2, 0.25) is 0 Å². The molecule has 6 heteroatoms. The average Bonchev–Trinajstić information content (AvgIpc) is 2.81. The standard InChI is InChI=1S/C18H21N3O3/c1-12-5-3-8-19-17(12)21-18(22)20-13(2)14-6-7-15-16(11-14)24-10-4-9-23-15/h3,5-8,11,13H,4,9-10H2,1-2H3,(H2,19,20,21,22)/t13-/m0/s1. The lowest BCUT2D eigenvalue weighted by Gasteiger charge is -2.17. The number of aromatic nitrogens is 1. The number of aryl methyl sites for hydroxylation is 1. The third-order valence-corrected chi connectivity index (χ3v) is 3.86. The number of nitrogens with one attached hydrogen (secondary N) is 2. The van der Waals surface area contributed by atoms with Crippen LogP contribution in [0.5, 0.6) is 11.5 Å². The minimum atomic E-state index is -0.295. The Kier molecular flexibility index (Phi) is 4.84. The fraction of sp³-hybridized carbons (Fsp3) is 0.333. The third kappa shape index (κ3) is 3.76. The van der Waals surface area contributed by atoms with E-state index in [2.05, 4.69) is 15.6 Å². The number of benzene rings is 1. The maximum atomic E-state index is 12.2. The second-order valence-corrected chi connectivity index (χ2v) is 5.75. The van der Waals surface area contributed by atoms with Gasteiger partial charge in [-0.15, -0.1) is 0 Å². The fourth-order valence-corrected chi connectivity index (χ4v) is 2.49. The van der Waals surface area contributed by atoms with Gasteiger partial charge in [-0.3, -0.25) is 5.32 Å². The van der Waals surface area contributed by atoms with Crippen molar-refractivity contribution in [2.75, 3.05) is 18.5 Å². The largest absolute Gasteiger partial charge is 0.490 e. The monoisotopic (exact) mass is 327 g/mol. The van der Waals surface area contributed by atoms with Crippen molar-refractivity contribution >= 4 is 11.8 Å². The minimum absolute atomic E-state index is 0.175. The maximum Gasteiger partial charge on any atom is 0.320 e. The SMILES string of the molecule is Cc1cccnc1NC(=O)N[C@@H](C)c1ccc2c(c1)OCCCO2. The van der Waals surface area contributed by atoms with E-state index in [0.717, 1.165) is 29.0 Å². The Labute approximate surface area is 141 Å². The first-order valence-electron chi connectivity index (χ1n) is 8.02. The second kappa shape index (κ2) is 7.21. The molecule has 2 amide bonds. The molecular formula is C18H21N3O3. The zero-order chi connectivity index (χ0) is 16.9. The molecule has 1 aromatic heterocycles. The highest BCUT2D eigenvalue weighted by Gasteiger charge is 2.15. The number of rotatable bonds is 3. The molecule has 1 aromatic carbocycles. The molecule has 0 unspecified atom stereocenters. The third-order valence-electron chi connectivity index (χ3n) is 3.86. The summed E-state index contributed by atoms with van der Waals surface area (Å²) < 4.78 is 11.3. The molecule has 2 aromatic rings. The topological polar surface area (TPSA) is 72.5 Å². The molecule has 3 rings (SSSR count). The van der Waals surface area contributed by atoms with Crippen molar-refractivity contribution in [2.45, 2.75) is 26.3 Å². The Morgan fingerprint density at radius 2 is 2.00 bits per heavy atom. The predicted molar refractivity (Wildman–Crippen MR) is 91.6 cm³/mol. The van der Waals surface area contributed by atoms with Gasteiger partial charge in [-0.25, -0.2) is 9.78 Å². The van der Waals surface area contributed by atoms with Crippen LogP contribution in [0.3, 0.4) is 0 Å². The molecule has 1 aliphatic rings. The zero-order valence-electron chi connectivity index (χ0n) is 13.8. The summed E-state index contributed by atoms with van der Waals surface area (Å²) in [5.41, 5.74) is 1.86. The molecule has 6 nitrogen and oxygen atoms in total. The van der Waals surface area contributed by atoms with E-state index >= 15 is 0 Å². The Morgan fingerprint density at radius 1 is 1.21 bits per heavy atom. The number of fused-ring (bicyclic) bond motifs is 1. The lowest BCUT2D eigenvalue weighted by Crippen LogP contribution is -2.31. The van der Waals surface area contributed by atoms with Gasteiger partial charge in [0.25, 0.3) is 0 Å². The first-order valence-corrected chi connectivity index (χ1v) is 8.02. The summed E-state index contributed by atoms with van der Waals surface area (Å²) in [5.74, 6) is 2.03. The van der Waals surface area contributed by atoms with Crippen molar-refractivity contribution in [3.05, 3.63) is 47.7 Å². The van der Waals surface area contributed by atoms with E-state index in [1.807, 2.05) is 44.2 Å². The fourth-order valence-electron chi connectivity index (χ4n) is 2.49. The van der Waals surface area contributed by atoms with Gasteiger partial charge in [-0.2, -0.15) is 0 Å². The molecule has 0 saturated heterocycles. The van der Waals surface area contributed by atoms with Crippen molar-refractivity contribution in [2.24, 2.45) is 0 Å². The number of anilines is 1. The summed E-state index contributed by atoms with van der Waals surface area (Å²) in [5, 5.41) is 5.67. The molecule has 2 N–H and O–H groups in total. The van der Waals surface area contributed by atoms with E-state index in [4.69, 9.17) is 9.47 Å². The van der Waals surface area contributed by atoms with Gasteiger partial charge in [0.05, 0.1) is 19.3 Å². The molecule has 0 bridgehead atoms. The van der Waals surface area contributed by atoms with E-state index in [0.29, 0.717) is 19.0 Å². The molecule has 0 fully saturated rings. The van der Waals surface area contributed by atoms with Gasteiger partial charge in [0.15, 0.2) is 11.5 Å². The van der Waals surface area contributed by atoms with Crippen LogP contribution < -0.4 is 20.1 Å². The quantitative estimate of drug-likeness (QED) is 0.906. The van der Waals surface area contributed by atoms with E-state index in [1.165, 1.54) is 0 Å². The highest BCUT2D eigenvalue weighted by atomic mass is 16.5. The van der Waals surface area contributed by atoms with Crippen LogP contribution in [0.2, 0.25) is 0 Å². The first-order chi connectivity index (χ1) is 11.6. The van der Waals surface area contributed by atoms with Crippen LogP contribution in [-0.4, -0.2) is 24.2 Å². The number of carbonyl (C=O) groups is 1. The van der Waals surface area contributed by atoms with Crippen molar-refractivity contribution in [3.8, 4) is 11.5 Å². The van der Waals surface area contributed by atoms with E-state index in [-0.39, 0.29) is 12.1 Å². The van der Waals surface area contributed by atoms with Gasteiger partial charge in [-0.1, -0.05) is 12.1 Å². The molecule has 24 heavy (non-hydrogen) atoms. The number of carbonyl (C=O) groups excluding carboxylic acids is 1. The number of pyridine rings is 1. The summed E-state index contributed by atoms with van der Waals surface area (Å²) in [6.45, 7) is 5.11. The van der Waals surface area contributed by atoms with Crippen molar-refractivity contribution in [3.63, 3.8) is 0 Å².